The third kappa shape index (κ3) is 4.49. The van der Waals surface area contributed by atoms with Crippen LogP contribution in [0.15, 0.2) is 12.3 Å². The van der Waals surface area contributed by atoms with Crippen molar-refractivity contribution >= 4 is 17.5 Å². The molecule has 1 rings (SSSR count). The second-order valence-electron chi connectivity index (χ2n) is 5.17. The molecule has 20 heavy (non-hydrogen) atoms. The molecule has 1 atom stereocenters. The molecule has 0 aliphatic heterocycles. The number of aromatic carboxylic acids is 1. The van der Waals surface area contributed by atoms with Gasteiger partial charge in [0.2, 0.25) is 5.82 Å². The maximum atomic E-state index is 11.0. The zero-order valence-electron chi connectivity index (χ0n) is 11.8. The summed E-state index contributed by atoms with van der Waals surface area (Å²) in [5.41, 5.74) is -0.515. The van der Waals surface area contributed by atoms with Gasteiger partial charge in [-0.1, -0.05) is 13.8 Å². The van der Waals surface area contributed by atoms with Crippen LogP contribution >= 0.6 is 0 Å². The van der Waals surface area contributed by atoms with Crippen molar-refractivity contribution in [1.82, 2.24) is 4.98 Å². The number of pyridine rings is 1. The molecule has 1 heterocycles. The van der Waals surface area contributed by atoms with Gasteiger partial charge in [0.05, 0.1) is 10.5 Å². The fraction of sp³-hybridized carbons (Fsp3) is 0.538. The smallest absolute Gasteiger partial charge is 0.337 e. The average Bonchev–Trinajstić information content (AvgIpc) is 2.36. The highest BCUT2D eigenvalue weighted by molar-refractivity contribution is 5.88. The fourth-order valence-corrected chi connectivity index (χ4v) is 1.71. The van der Waals surface area contributed by atoms with Gasteiger partial charge in [-0.3, -0.25) is 10.1 Å². The van der Waals surface area contributed by atoms with Crippen LogP contribution < -0.4 is 5.32 Å². The molecule has 0 aliphatic carbocycles. The van der Waals surface area contributed by atoms with E-state index in [1.807, 2.05) is 6.92 Å². The molecular formula is C13H19N3O4. The fourth-order valence-electron chi connectivity index (χ4n) is 1.71. The lowest BCUT2D eigenvalue weighted by molar-refractivity contribution is -0.384. The quantitative estimate of drug-likeness (QED) is 0.588. The summed E-state index contributed by atoms with van der Waals surface area (Å²) in [7, 11) is 0. The first-order chi connectivity index (χ1) is 9.31. The molecule has 0 amide bonds. The number of anilines is 1. The van der Waals surface area contributed by atoms with Crippen molar-refractivity contribution in [3.63, 3.8) is 0 Å². The van der Waals surface area contributed by atoms with Crippen LogP contribution in [0.2, 0.25) is 0 Å². The number of carboxylic acid groups (broad SMARTS) is 1. The third-order valence-corrected chi connectivity index (χ3v) is 2.87. The lowest BCUT2D eigenvalue weighted by atomic mass is 10.0. The summed E-state index contributed by atoms with van der Waals surface area (Å²) < 4.78 is 0. The highest BCUT2D eigenvalue weighted by atomic mass is 16.6. The summed E-state index contributed by atoms with van der Waals surface area (Å²) in [5.74, 6) is -0.576. The first-order valence-corrected chi connectivity index (χ1v) is 6.45. The topological polar surface area (TPSA) is 105 Å². The molecule has 0 bridgehead atoms. The lowest BCUT2D eigenvalue weighted by Gasteiger charge is -2.15. The molecule has 1 unspecified atom stereocenters. The van der Waals surface area contributed by atoms with Crippen LogP contribution in [-0.4, -0.2) is 27.0 Å². The molecule has 1 aromatic rings. The summed E-state index contributed by atoms with van der Waals surface area (Å²) in [6.45, 7) is 6.13. The summed E-state index contributed by atoms with van der Waals surface area (Å²) in [5, 5.41) is 22.8. The van der Waals surface area contributed by atoms with Crippen LogP contribution in [0.3, 0.4) is 0 Å². The second-order valence-corrected chi connectivity index (χ2v) is 5.17. The Hall–Kier alpha value is -2.18. The molecule has 0 fully saturated rings. The Morgan fingerprint density at radius 3 is 2.60 bits per heavy atom. The van der Waals surface area contributed by atoms with Crippen molar-refractivity contribution in [2.45, 2.75) is 39.7 Å². The molecule has 0 radical (unpaired) electrons. The highest BCUT2D eigenvalue weighted by Crippen LogP contribution is 2.24. The maximum Gasteiger partial charge on any atom is 0.337 e. The molecular weight excluding hydrogens is 262 g/mol. The summed E-state index contributed by atoms with van der Waals surface area (Å²) >= 11 is 0. The van der Waals surface area contributed by atoms with Crippen molar-refractivity contribution in [3.05, 3.63) is 27.9 Å². The average molecular weight is 281 g/mol. The number of nitro groups is 1. The van der Waals surface area contributed by atoms with Crippen molar-refractivity contribution < 1.29 is 14.8 Å². The van der Waals surface area contributed by atoms with E-state index in [4.69, 9.17) is 5.11 Å². The number of aromatic nitrogens is 1. The van der Waals surface area contributed by atoms with E-state index in [9.17, 15) is 14.9 Å². The number of rotatable bonds is 7. The number of nitrogens with one attached hydrogen (secondary N) is 1. The first-order valence-electron chi connectivity index (χ1n) is 6.45. The van der Waals surface area contributed by atoms with Crippen LogP contribution in [0, 0.1) is 16.0 Å². The highest BCUT2D eigenvalue weighted by Gasteiger charge is 2.20. The molecule has 0 spiro atoms. The molecule has 110 valence electrons. The number of carboxylic acids is 1. The van der Waals surface area contributed by atoms with Crippen molar-refractivity contribution in [2.75, 3.05) is 5.32 Å². The molecule has 2 N–H and O–H groups in total. The lowest BCUT2D eigenvalue weighted by Crippen LogP contribution is -2.18. The Morgan fingerprint density at radius 2 is 2.10 bits per heavy atom. The minimum absolute atomic E-state index is 0.0271. The van der Waals surface area contributed by atoms with Gasteiger partial charge in [0.1, 0.15) is 0 Å². The van der Waals surface area contributed by atoms with Crippen LogP contribution in [0.5, 0.6) is 0 Å². The van der Waals surface area contributed by atoms with Crippen LogP contribution in [-0.2, 0) is 0 Å². The summed E-state index contributed by atoms with van der Waals surface area (Å²) in [6.07, 6.45) is 2.97. The normalized spacial score (nSPS) is 12.2. The van der Waals surface area contributed by atoms with E-state index in [2.05, 4.69) is 24.1 Å². The van der Waals surface area contributed by atoms with Crippen LogP contribution in [0.4, 0.5) is 11.5 Å². The van der Waals surface area contributed by atoms with Gasteiger partial charge >= 0.3 is 11.7 Å². The van der Waals surface area contributed by atoms with Gasteiger partial charge in [0, 0.05) is 18.3 Å². The number of carbonyl (C=O) groups is 1. The van der Waals surface area contributed by atoms with E-state index in [0.717, 1.165) is 25.1 Å². The molecule has 1 aromatic heterocycles. The molecule has 7 nitrogen and oxygen atoms in total. The van der Waals surface area contributed by atoms with Crippen molar-refractivity contribution in [1.29, 1.82) is 0 Å². The third-order valence-electron chi connectivity index (χ3n) is 2.87. The Bertz CT molecular complexity index is 502. The second kappa shape index (κ2) is 6.83. The van der Waals surface area contributed by atoms with Gasteiger partial charge in [-0.15, -0.1) is 0 Å². The molecule has 0 saturated carbocycles. The predicted molar refractivity (Wildman–Crippen MR) is 75.0 cm³/mol. The van der Waals surface area contributed by atoms with Crippen molar-refractivity contribution in [2.24, 2.45) is 5.92 Å². The van der Waals surface area contributed by atoms with E-state index in [1.165, 1.54) is 0 Å². The van der Waals surface area contributed by atoms with E-state index in [0.29, 0.717) is 5.92 Å². The molecule has 0 saturated heterocycles. The minimum Gasteiger partial charge on any atom is -0.478 e. The van der Waals surface area contributed by atoms with Crippen LogP contribution in [0.1, 0.15) is 44.0 Å². The van der Waals surface area contributed by atoms with Crippen LogP contribution in [0.25, 0.3) is 0 Å². The van der Waals surface area contributed by atoms with E-state index < -0.39 is 10.9 Å². The number of hydrogen-bond acceptors (Lipinski definition) is 5. The van der Waals surface area contributed by atoms with E-state index >= 15 is 0 Å². The van der Waals surface area contributed by atoms with E-state index in [1.54, 1.807) is 0 Å². The minimum atomic E-state index is -1.24. The molecule has 0 aromatic carbocycles. The molecule has 7 heteroatoms. The SMILES string of the molecule is CC(C)CCC(C)Nc1ncc(C(=O)O)cc1[N+](=O)[O-]. The van der Waals surface area contributed by atoms with Gasteiger partial charge in [0.15, 0.2) is 0 Å². The van der Waals surface area contributed by atoms with E-state index in [-0.39, 0.29) is 23.1 Å². The monoisotopic (exact) mass is 281 g/mol. The van der Waals surface area contributed by atoms with Gasteiger partial charge in [-0.25, -0.2) is 9.78 Å². The van der Waals surface area contributed by atoms with Gasteiger partial charge < -0.3 is 10.4 Å². The molecule has 0 aliphatic rings. The van der Waals surface area contributed by atoms with Crippen molar-refractivity contribution in [3.8, 4) is 0 Å². The maximum absolute atomic E-state index is 11.0. The predicted octanol–water partition coefficient (Wildman–Crippen LogP) is 2.92. The number of nitrogens with zero attached hydrogens (tertiary/aromatic N) is 2. The van der Waals surface area contributed by atoms with Gasteiger partial charge in [0.25, 0.3) is 0 Å². The van der Waals surface area contributed by atoms with Gasteiger partial charge in [-0.05, 0) is 25.7 Å². The Balaban J connectivity index is 2.89. The zero-order valence-corrected chi connectivity index (χ0v) is 11.8. The number of hydrogen-bond donors (Lipinski definition) is 2. The first kappa shape index (κ1) is 15.9. The summed E-state index contributed by atoms with van der Waals surface area (Å²) in [6, 6.07) is 1.05. The Morgan fingerprint density at radius 1 is 1.45 bits per heavy atom. The zero-order chi connectivity index (χ0) is 15.3. The standard InChI is InChI=1S/C13H19N3O4/c1-8(2)4-5-9(3)15-12-11(16(19)20)6-10(7-14-12)13(17)18/h6-9H,4-5H2,1-3H3,(H,14,15)(H,17,18). The Labute approximate surface area is 117 Å². The van der Waals surface area contributed by atoms with Gasteiger partial charge in [-0.2, -0.15) is 0 Å². The Kier molecular flexibility index (Phi) is 5.42. The summed E-state index contributed by atoms with van der Waals surface area (Å²) in [4.78, 5) is 25.0. The largest absolute Gasteiger partial charge is 0.478 e.